The minimum Gasteiger partial charge on any atom is -0.743 e. The molecule has 0 saturated heterocycles. The van der Waals surface area contributed by atoms with Gasteiger partial charge in [0.25, 0.3) is 5.91 Å². The van der Waals surface area contributed by atoms with Crippen LogP contribution in [0.3, 0.4) is 0 Å². The first-order chi connectivity index (χ1) is 10.2. The predicted octanol–water partition coefficient (Wildman–Crippen LogP) is 2.69. The van der Waals surface area contributed by atoms with Crippen molar-refractivity contribution < 1.29 is 39.7 Å². The molecule has 1 atom stereocenters. The van der Waals surface area contributed by atoms with Gasteiger partial charge in [0, 0.05) is 7.14 Å². The largest absolute Gasteiger partial charge is 0.743 e. The molecule has 1 aromatic rings. The molecule has 0 aliphatic carbocycles. The van der Waals surface area contributed by atoms with Crippen molar-refractivity contribution in [2.75, 3.05) is 0 Å². The molecular weight excluding hydrogens is 579 g/mol. The average molecular weight is 584 g/mol. The lowest BCUT2D eigenvalue weighted by atomic mass is 10.2. The summed E-state index contributed by atoms with van der Waals surface area (Å²) >= 11 is 3.32. The Morgan fingerprint density at radius 1 is 1.17 bits per heavy atom. The molecule has 1 unspecified atom stereocenters. The second-order valence-electron chi connectivity index (χ2n) is 4.09. The minimum atomic E-state index is -6.65. The summed E-state index contributed by atoms with van der Waals surface area (Å²) < 4.78 is 96.6. The fraction of sp³-hybridized carbons (Fsp3) is 0.300. The van der Waals surface area contributed by atoms with Gasteiger partial charge in [-0.15, -0.1) is 0 Å². The summed E-state index contributed by atoms with van der Waals surface area (Å²) in [4.78, 5) is 11.8. The second-order valence-corrected chi connectivity index (χ2v) is 7.95. The molecule has 5 nitrogen and oxygen atoms in total. The molecule has 0 aromatic heterocycles. The first-order valence-electron chi connectivity index (χ1n) is 5.34. The fourth-order valence-electron chi connectivity index (χ4n) is 1.38. The molecule has 1 rings (SSSR count). The molecular formula is C10H5F5I2NO4S-. The monoisotopic (exact) mass is 584 g/mol. The normalized spacial score (nSPS) is 14.4. The Labute approximate surface area is 154 Å². The lowest BCUT2D eigenvalue weighted by Gasteiger charge is -2.30. The standard InChI is InChI=1S/C10H6F5I2NO4S/c11-9(12,13)8(10(14,15)23(20,21)22)18-7(19)5-3-4(16)1-2-6(5)17/h1-3,8H,(H,18,19)(H,20,21,22)/p-1. The van der Waals surface area contributed by atoms with Crippen molar-refractivity contribution in [3.8, 4) is 0 Å². The van der Waals surface area contributed by atoms with Crippen LogP contribution < -0.4 is 5.32 Å². The molecule has 0 aliphatic rings. The van der Waals surface area contributed by atoms with Gasteiger partial charge in [-0.05, 0) is 63.4 Å². The van der Waals surface area contributed by atoms with E-state index >= 15 is 0 Å². The topological polar surface area (TPSA) is 86.3 Å². The number of alkyl halides is 5. The first kappa shape index (κ1) is 20.8. The van der Waals surface area contributed by atoms with Crippen molar-refractivity contribution in [2.45, 2.75) is 17.5 Å². The SMILES string of the molecule is O=C(NC(C(F)(F)F)C(F)(F)S(=O)(=O)[O-])c1cc(I)ccc1I. The molecule has 0 radical (unpaired) electrons. The molecule has 1 aromatic carbocycles. The highest BCUT2D eigenvalue weighted by atomic mass is 127. The maximum absolute atomic E-state index is 13.3. The number of hydrogen-bond donors (Lipinski definition) is 1. The third-order valence-electron chi connectivity index (χ3n) is 2.45. The van der Waals surface area contributed by atoms with Crippen LogP contribution in [0.1, 0.15) is 10.4 Å². The van der Waals surface area contributed by atoms with Crippen LogP contribution in [0.4, 0.5) is 22.0 Å². The van der Waals surface area contributed by atoms with Gasteiger partial charge in [-0.25, -0.2) is 8.42 Å². The molecule has 0 heterocycles. The number of rotatable bonds is 4. The highest BCUT2D eigenvalue weighted by Crippen LogP contribution is 2.36. The number of halogens is 7. The van der Waals surface area contributed by atoms with Gasteiger partial charge in [-0.2, -0.15) is 22.0 Å². The maximum atomic E-state index is 13.3. The van der Waals surface area contributed by atoms with Crippen molar-refractivity contribution in [1.29, 1.82) is 0 Å². The van der Waals surface area contributed by atoms with Gasteiger partial charge >= 0.3 is 11.4 Å². The Balaban J connectivity index is 3.28. The molecule has 1 amide bonds. The van der Waals surface area contributed by atoms with E-state index in [9.17, 15) is 39.7 Å². The molecule has 0 spiro atoms. The Morgan fingerprint density at radius 3 is 2.13 bits per heavy atom. The van der Waals surface area contributed by atoms with Crippen molar-refractivity contribution in [3.05, 3.63) is 30.9 Å². The Morgan fingerprint density at radius 2 is 1.70 bits per heavy atom. The van der Waals surface area contributed by atoms with Gasteiger partial charge in [0.15, 0.2) is 10.1 Å². The number of carbonyl (C=O) groups excluding carboxylic acids is 1. The Bertz CT molecular complexity index is 722. The third kappa shape index (κ3) is 4.85. The average Bonchev–Trinajstić information content (AvgIpc) is 2.35. The summed E-state index contributed by atoms with van der Waals surface area (Å²) in [5, 5.41) is -4.87. The van der Waals surface area contributed by atoms with Gasteiger partial charge in [0.1, 0.15) is 0 Å². The molecule has 13 heteroatoms. The highest BCUT2D eigenvalue weighted by molar-refractivity contribution is 14.1. The molecule has 0 aliphatic heterocycles. The number of benzene rings is 1. The van der Waals surface area contributed by atoms with E-state index < -0.39 is 33.5 Å². The van der Waals surface area contributed by atoms with E-state index in [-0.39, 0.29) is 9.13 Å². The lowest BCUT2D eigenvalue weighted by molar-refractivity contribution is -0.191. The highest BCUT2D eigenvalue weighted by Gasteiger charge is 2.60. The van der Waals surface area contributed by atoms with E-state index in [4.69, 9.17) is 0 Å². The molecule has 130 valence electrons. The zero-order valence-corrected chi connectivity index (χ0v) is 15.6. The molecule has 0 bridgehead atoms. The number of hydrogen-bond acceptors (Lipinski definition) is 4. The summed E-state index contributed by atoms with van der Waals surface area (Å²) in [6, 6.07) is -0.187. The van der Waals surface area contributed by atoms with E-state index in [1.807, 2.05) is 0 Å². The molecule has 0 fully saturated rings. The Kier molecular flexibility index (Phi) is 6.23. The van der Waals surface area contributed by atoms with Gasteiger partial charge in [-0.3, -0.25) is 4.79 Å². The zero-order chi connectivity index (χ0) is 18.2. The van der Waals surface area contributed by atoms with E-state index in [0.717, 1.165) is 11.4 Å². The summed E-state index contributed by atoms with van der Waals surface area (Å²) in [6.07, 6.45) is -5.86. The first-order valence-corrected chi connectivity index (χ1v) is 8.90. The minimum absolute atomic E-state index is 0.148. The van der Waals surface area contributed by atoms with Gasteiger partial charge in [0.2, 0.25) is 6.04 Å². The van der Waals surface area contributed by atoms with E-state index in [0.29, 0.717) is 3.57 Å². The van der Waals surface area contributed by atoms with Gasteiger partial charge < -0.3 is 9.87 Å². The van der Waals surface area contributed by atoms with Crippen LogP contribution >= 0.6 is 45.2 Å². The quantitative estimate of drug-likeness (QED) is 0.336. The number of amides is 1. The number of carbonyl (C=O) groups is 1. The molecule has 23 heavy (non-hydrogen) atoms. The fourth-order valence-corrected chi connectivity index (χ4v) is 2.93. The molecule has 1 N–H and O–H groups in total. The van der Waals surface area contributed by atoms with Crippen LogP contribution in [0.5, 0.6) is 0 Å². The van der Waals surface area contributed by atoms with E-state index in [1.165, 1.54) is 12.1 Å². The second kappa shape index (κ2) is 6.91. The molecule has 0 saturated carbocycles. The summed E-state index contributed by atoms with van der Waals surface area (Å²) in [5.74, 6) is -1.58. The lowest BCUT2D eigenvalue weighted by Crippen LogP contribution is -2.59. The smallest absolute Gasteiger partial charge is 0.415 e. The van der Waals surface area contributed by atoms with Crippen molar-refractivity contribution in [1.82, 2.24) is 5.32 Å². The van der Waals surface area contributed by atoms with Crippen LogP contribution in [0.25, 0.3) is 0 Å². The van der Waals surface area contributed by atoms with Crippen LogP contribution in [0, 0.1) is 7.14 Å². The van der Waals surface area contributed by atoms with E-state index in [2.05, 4.69) is 0 Å². The van der Waals surface area contributed by atoms with Crippen molar-refractivity contribution in [3.63, 3.8) is 0 Å². The van der Waals surface area contributed by atoms with E-state index in [1.54, 1.807) is 45.2 Å². The van der Waals surface area contributed by atoms with Crippen LogP contribution in [0.2, 0.25) is 0 Å². The van der Waals surface area contributed by atoms with Gasteiger partial charge in [0.05, 0.1) is 5.56 Å². The van der Waals surface area contributed by atoms with Crippen LogP contribution in [0.15, 0.2) is 18.2 Å². The van der Waals surface area contributed by atoms with Crippen molar-refractivity contribution in [2.24, 2.45) is 0 Å². The van der Waals surface area contributed by atoms with Gasteiger partial charge in [-0.1, -0.05) is 0 Å². The van der Waals surface area contributed by atoms with Crippen LogP contribution in [-0.2, 0) is 10.1 Å². The summed E-state index contributed by atoms with van der Waals surface area (Å²) in [7, 11) is -6.65. The summed E-state index contributed by atoms with van der Waals surface area (Å²) in [5.41, 5.74) is -0.370. The zero-order valence-electron chi connectivity index (χ0n) is 10.5. The maximum Gasteiger partial charge on any atom is 0.415 e. The number of nitrogens with one attached hydrogen (secondary N) is 1. The third-order valence-corrected chi connectivity index (χ3v) is 4.96. The van der Waals surface area contributed by atoms with Crippen LogP contribution in [-0.4, -0.2) is 36.4 Å². The Hall–Kier alpha value is -0.290. The van der Waals surface area contributed by atoms with Crippen molar-refractivity contribution >= 4 is 61.2 Å². The predicted molar refractivity (Wildman–Crippen MR) is 83.8 cm³/mol. The summed E-state index contributed by atoms with van der Waals surface area (Å²) in [6.45, 7) is 0.